The molecule has 9 atom stereocenters. The maximum atomic E-state index is 14.4. The molecule has 3 rings (SSSR count). The van der Waals surface area contributed by atoms with Crippen molar-refractivity contribution < 1.29 is 67.4 Å². The first-order chi connectivity index (χ1) is 29.4. The number of aliphatic carboxylic acids is 1. The molecule has 3 heterocycles. The molecule has 358 valence electrons. The third kappa shape index (κ3) is 15.2. The monoisotopic (exact) mass is 916 g/mol. The summed E-state index contributed by atoms with van der Waals surface area (Å²) in [4.78, 5) is 131. The van der Waals surface area contributed by atoms with Gasteiger partial charge in [0.2, 0.25) is 41.4 Å². The lowest BCUT2D eigenvalue weighted by Gasteiger charge is -2.35. The second-order valence-corrected chi connectivity index (χ2v) is 19.2. The van der Waals surface area contributed by atoms with E-state index in [-0.39, 0.29) is 69.5 Å². The largest absolute Gasteiger partial charge is 0.480 e. The molecule has 3 aliphatic heterocycles. The number of aliphatic hydroxyl groups is 1. The summed E-state index contributed by atoms with van der Waals surface area (Å²) in [5.74, 6) is -6.42. The fourth-order valence-corrected chi connectivity index (χ4v) is 8.94. The van der Waals surface area contributed by atoms with E-state index in [9.17, 15) is 62.9 Å². The molecule has 22 nitrogen and oxygen atoms in total. The van der Waals surface area contributed by atoms with Gasteiger partial charge in [-0.1, -0.05) is 41.5 Å². The lowest BCUT2D eigenvalue weighted by atomic mass is 10.00. The summed E-state index contributed by atoms with van der Waals surface area (Å²) < 4.78 is 16.9. The fourth-order valence-electron chi connectivity index (χ4n) is 8.39. The van der Waals surface area contributed by atoms with Crippen LogP contribution in [0.5, 0.6) is 0 Å². The lowest BCUT2D eigenvalue weighted by Crippen LogP contribution is -2.61. The van der Waals surface area contributed by atoms with Crippen LogP contribution >= 0.6 is 7.82 Å². The van der Waals surface area contributed by atoms with Gasteiger partial charge in [0, 0.05) is 19.6 Å². The Balaban J connectivity index is 1.84. The molecule has 0 aromatic rings. The van der Waals surface area contributed by atoms with E-state index in [1.54, 1.807) is 13.8 Å². The molecule has 63 heavy (non-hydrogen) atoms. The third-order valence-electron chi connectivity index (χ3n) is 11.4. The van der Waals surface area contributed by atoms with E-state index in [0.717, 1.165) is 0 Å². The Labute approximate surface area is 368 Å². The summed E-state index contributed by atoms with van der Waals surface area (Å²) in [5, 5.41) is 28.9. The van der Waals surface area contributed by atoms with E-state index in [2.05, 4.69) is 21.3 Å². The summed E-state index contributed by atoms with van der Waals surface area (Å²) in [6, 6.07) is -9.80. The summed E-state index contributed by atoms with van der Waals surface area (Å²) in [5.41, 5.74) is 6.10. The molecule has 23 heteroatoms. The van der Waals surface area contributed by atoms with E-state index in [4.69, 9.17) is 10.3 Å². The van der Waals surface area contributed by atoms with Crippen molar-refractivity contribution in [1.29, 1.82) is 0 Å². The highest BCUT2D eigenvalue weighted by Crippen LogP contribution is 2.39. The van der Waals surface area contributed by atoms with Crippen LogP contribution in [0.2, 0.25) is 0 Å². The van der Waals surface area contributed by atoms with Gasteiger partial charge in [0.25, 0.3) is 0 Å². The van der Waals surface area contributed by atoms with E-state index in [1.807, 2.05) is 27.7 Å². The molecule has 7 amide bonds. The first kappa shape index (κ1) is 53.1. The van der Waals surface area contributed by atoms with Crippen LogP contribution in [-0.2, 0) is 47.4 Å². The Hall–Kier alpha value is -4.21. The molecule has 0 unspecified atom stereocenters. The zero-order chi connectivity index (χ0) is 47.5. The van der Waals surface area contributed by atoms with Crippen molar-refractivity contribution in [3.63, 3.8) is 0 Å². The quantitative estimate of drug-likeness (QED) is 0.0585. The smallest absolute Gasteiger partial charge is 0.469 e. The van der Waals surface area contributed by atoms with Crippen LogP contribution in [-0.4, -0.2) is 163 Å². The average Bonchev–Trinajstić information content (AvgIpc) is 3.98. The molecule has 3 saturated heterocycles. The number of likely N-dealkylation sites (tertiary alicyclic amines) is 3. The molecule has 0 aliphatic carbocycles. The zero-order valence-corrected chi connectivity index (χ0v) is 38.3. The number of nitrogens with zero attached hydrogens (tertiary/aromatic N) is 3. The number of carboxylic acids is 1. The lowest BCUT2D eigenvalue weighted by molar-refractivity contribution is -0.150. The summed E-state index contributed by atoms with van der Waals surface area (Å²) in [7, 11) is -5.24. The van der Waals surface area contributed by atoms with Crippen LogP contribution in [0, 0.1) is 17.8 Å². The highest BCUT2D eigenvalue weighted by Gasteiger charge is 2.47. The third-order valence-corrected chi connectivity index (χ3v) is 12.0. The fraction of sp³-hybridized carbons (Fsp3) is 0.800. The van der Waals surface area contributed by atoms with Gasteiger partial charge in [0.1, 0.15) is 42.3 Å². The molecular formula is C40H69N8O14P. The normalized spacial score (nSPS) is 22.1. The number of carbonyl (C=O) groups is 8. The number of carbonyl (C=O) groups excluding carboxylic acids is 7. The highest BCUT2D eigenvalue weighted by atomic mass is 31.2. The van der Waals surface area contributed by atoms with Crippen LogP contribution in [0.4, 0.5) is 0 Å². The van der Waals surface area contributed by atoms with Crippen molar-refractivity contribution in [2.24, 2.45) is 23.5 Å². The van der Waals surface area contributed by atoms with Gasteiger partial charge in [-0.05, 0) is 82.5 Å². The number of hydrogen-bond donors (Lipinski definition) is 9. The number of hydrogen-bond acceptors (Lipinski definition) is 12. The number of aliphatic hydroxyl groups excluding tert-OH is 1. The Morgan fingerprint density at radius 1 is 0.635 bits per heavy atom. The maximum Gasteiger partial charge on any atom is 0.469 e. The standard InChI is InChI=1S/C40H69N8O14P/c1-21(2)17-25(41)33(50)43-27(19-23(5)6)37(54)46-14-8-12-30(46)36(53)45-32(24(7)62-63(59,60)61)39(56)48-16-10-13-31(48)38(55)47-15-9-11-29(47)35(52)42-26(18-22(3)4)34(51)44-28(20-49)40(57)58/h21-32,49H,8-20,41H2,1-7H3,(H,42,52)(H,43,50)(H,44,51)(H,45,53)(H,57,58)(H2,59,60,61)/t24-,25+,26+,27+,28+,29+,30+,31+,32+/m1/s1. The summed E-state index contributed by atoms with van der Waals surface area (Å²) in [6.07, 6.45) is 0.737. The number of phosphoric ester groups is 1. The highest BCUT2D eigenvalue weighted by molar-refractivity contribution is 7.46. The van der Waals surface area contributed by atoms with Crippen LogP contribution in [0.25, 0.3) is 0 Å². The molecule has 0 aromatic heterocycles. The molecular weight excluding hydrogens is 847 g/mol. The van der Waals surface area contributed by atoms with Crippen LogP contribution in [0.3, 0.4) is 0 Å². The van der Waals surface area contributed by atoms with E-state index >= 15 is 0 Å². The minimum Gasteiger partial charge on any atom is -0.480 e. The van der Waals surface area contributed by atoms with Crippen molar-refractivity contribution in [3.8, 4) is 0 Å². The SMILES string of the molecule is CC(C)C[C@H](NC(=O)[C@@H]1CCCN1C(=O)[C@@H]1CCCN1C(=O)[C@@H](NC(=O)[C@@H]1CCCN1C(=O)[C@H](CC(C)C)NC(=O)[C@@H](N)CC(C)C)[C@@H](C)OP(=O)(O)O)C(=O)N[C@@H](CO)C(=O)O. The van der Waals surface area contributed by atoms with Gasteiger partial charge >= 0.3 is 13.8 Å². The topological polar surface area (TPSA) is 328 Å². The zero-order valence-electron chi connectivity index (χ0n) is 37.4. The van der Waals surface area contributed by atoms with Crippen molar-refractivity contribution in [2.75, 3.05) is 26.2 Å². The number of rotatable bonds is 22. The predicted octanol–water partition coefficient (Wildman–Crippen LogP) is -1.06. The summed E-state index contributed by atoms with van der Waals surface area (Å²) >= 11 is 0. The van der Waals surface area contributed by atoms with Gasteiger partial charge in [-0.25, -0.2) is 9.36 Å². The Kier molecular flexibility index (Phi) is 19.9. The maximum absolute atomic E-state index is 14.4. The van der Waals surface area contributed by atoms with Gasteiger partial charge < -0.3 is 61.7 Å². The van der Waals surface area contributed by atoms with Gasteiger partial charge in [0.15, 0.2) is 0 Å². The second kappa shape index (κ2) is 23.6. The van der Waals surface area contributed by atoms with Gasteiger partial charge in [0.05, 0.1) is 18.8 Å². The molecule has 0 radical (unpaired) electrons. The number of nitrogens with one attached hydrogen (secondary N) is 4. The predicted molar refractivity (Wildman–Crippen MR) is 226 cm³/mol. The van der Waals surface area contributed by atoms with Gasteiger partial charge in [-0.15, -0.1) is 0 Å². The van der Waals surface area contributed by atoms with Crippen LogP contribution in [0.1, 0.15) is 106 Å². The number of amides is 7. The molecule has 0 aromatic carbocycles. The van der Waals surface area contributed by atoms with Crippen molar-refractivity contribution in [2.45, 2.75) is 161 Å². The minimum absolute atomic E-state index is 0.00471. The number of carboxylic acid groups (broad SMARTS) is 1. The minimum atomic E-state index is -5.24. The molecule has 0 saturated carbocycles. The summed E-state index contributed by atoms with van der Waals surface area (Å²) in [6.45, 7) is 11.7. The second-order valence-electron chi connectivity index (χ2n) is 18.1. The van der Waals surface area contributed by atoms with Crippen molar-refractivity contribution in [1.82, 2.24) is 36.0 Å². The van der Waals surface area contributed by atoms with Crippen LogP contribution in [0.15, 0.2) is 0 Å². The molecule has 3 fully saturated rings. The molecule has 0 bridgehead atoms. The molecule has 3 aliphatic rings. The number of nitrogens with two attached hydrogens (primary N) is 1. The molecule has 10 N–H and O–H groups in total. The van der Waals surface area contributed by atoms with Crippen molar-refractivity contribution in [3.05, 3.63) is 0 Å². The van der Waals surface area contributed by atoms with Gasteiger partial charge in [-0.3, -0.25) is 38.1 Å². The Bertz CT molecular complexity index is 1710. The first-order valence-electron chi connectivity index (χ1n) is 21.8. The van der Waals surface area contributed by atoms with E-state index in [1.165, 1.54) is 21.6 Å². The molecule has 0 spiro atoms. The number of phosphoric acid groups is 1. The van der Waals surface area contributed by atoms with E-state index in [0.29, 0.717) is 25.7 Å². The van der Waals surface area contributed by atoms with Gasteiger partial charge in [-0.2, -0.15) is 0 Å². The van der Waals surface area contributed by atoms with E-state index < -0.39 is 116 Å². The first-order valence-corrected chi connectivity index (χ1v) is 23.4. The van der Waals surface area contributed by atoms with Crippen LogP contribution < -0.4 is 27.0 Å². The Morgan fingerprint density at radius 3 is 1.60 bits per heavy atom. The Morgan fingerprint density at radius 2 is 1.10 bits per heavy atom. The average molecular weight is 917 g/mol. The van der Waals surface area contributed by atoms with Crippen molar-refractivity contribution >= 4 is 55.1 Å².